The Bertz CT molecular complexity index is 566. The van der Waals surface area contributed by atoms with Crippen LogP contribution in [0, 0.1) is 0 Å². The van der Waals surface area contributed by atoms with Crippen molar-refractivity contribution < 1.29 is 0 Å². The molecule has 0 aliphatic heterocycles. The number of nitrogens with zero attached hydrogens (tertiary/aromatic N) is 2. The van der Waals surface area contributed by atoms with E-state index >= 15 is 0 Å². The summed E-state index contributed by atoms with van der Waals surface area (Å²) in [6.07, 6.45) is 6.65. The largest absolute Gasteiger partial charge is 0.338 e. The van der Waals surface area contributed by atoms with Gasteiger partial charge in [-0.3, -0.25) is 0 Å². The average molecular weight is 312 g/mol. The van der Waals surface area contributed by atoms with E-state index in [1.54, 1.807) is 6.07 Å². The summed E-state index contributed by atoms with van der Waals surface area (Å²) in [6.45, 7) is 0. The highest BCUT2D eigenvalue weighted by atomic mass is 35.5. The topological polar surface area (TPSA) is 29.9 Å². The Morgan fingerprint density at radius 1 is 1.35 bits per heavy atom. The molecular weight excluding hydrogens is 293 g/mol. The van der Waals surface area contributed by atoms with Crippen molar-refractivity contribution in [2.75, 3.05) is 7.05 Å². The van der Waals surface area contributed by atoms with Crippen LogP contribution in [0.25, 0.3) is 0 Å². The van der Waals surface area contributed by atoms with Gasteiger partial charge in [0.25, 0.3) is 0 Å². The average Bonchev–Trinajstić information content (AvgIpc) is 2.82. The minimum Gasteiger partial charge on any atom is -0.338 e. The first-order valence-corrected chi connectivity index (χ1v) is 7.43. The maximum atomic E-state index is 6.23. The van der Waals surface area contributed by atoms with Gasteiger partial charge in [-0.2, -0.15) is 0 Å². The van der Waals surface area contributed by atoms with Crippen molar-refractivity contribution in [3.05, 3.63) is 52.0 Å². The predicted octanol–water partition coefficient (Wildman–Crippen LogP) is 3.49. The lowest BCUT2D eigenvalue weighted by molar-refractivity contribution is 0.510. The van der Waals surface area contributed by atoms with E-state index in [4.69, 9.17) is 23.2 Å². The fraction of sp³-hybridized carbons (Fsp3) is 0.400. The van der Waals surface area contributed by atoms with Crippen molar-refractivity contribution in [2.45, 2.75) is 25.3 Å². The number of likely N-dealkylation sites (N-methyl/N-ethyl adjacent to an activating group) is 1. The Labute approximate surface area is 129 Å². The Kier molecular flexibility index (Phi) is 5.46. The fourth-order valence-corrected chi connectivity index (χ4v) is 2.73. The lowest BCUT2D eigenvalue weighted by Gasteiger charge is -2.17. The first kappa shape index (κ1) is 15.4. The van der Waals surface area contributed by atoms with E-state index in [9.17, 15) is 0 Å². The quantitative estimate of drug-likeness (QED) is 0.885. The van der Waals surface area contributed by atoms with Gasteiger partial charge in [-0.05, 0) is 37.6 Å². The summed E-state index contributed by atoms with van der Waals surface area (Å²) in [4.78, 5) is 4.35. The van der Waals surface area contributed by atoms with Crippen molar-refractivity contribution in [1.29, 1.82) is 0 Å². The molecule has 1 heterocycles. The standard InChI is InChI=1S/C15H19Cl2N3/c1-18-13(5-6-15-19-7-8-20(15)2)9-11-3-4-12(16)10-14(11)17/h3-4,7-8,10,13,18H,5-6,9H2,1-2H3. The first-order valence-electron chi connectivity index (χ1n) is 6.67. The number of hydrogen-bond acceptors (Lipinski definition) is 2. The highest BCUT2D eigenvalue weighted by Gasteiger charge is 2.11. The minimum atomic E-state index is 0.366. The first-order chi connectivity index (χ1) is 9.60. The maximum Gasteiger partial charge on any atom is 0.108 e. The van der Waals surface area contributed by atoms with Crippen LogP contribution in [0.1, 0.15) is 17.8 Å². The highest BCUT2D eigenvalue weighted by molar-refractivity contribution is 6.35. The van der Waals surface area contributed by atoms with E-state index in [0.29, 0.717) is 11.1 Å². The van der Waals surface area contributed by atoms with Gasteiger partial charge in [0.15, 0.2) is 0 Å². The number of aromatic nitrogens is 2. The molecule has 2 aromatic rings. The number of halogens is 2. The Balaban J connectivity index is 1.97. The van der Waals surface area contributed by atoms with Crippen LogP contribution in [0.3, 0.4) is 0 Å². The summed E-state index contributed by atoms with van der Waals surface area (Å²) in [7, 11) is 4.00. The van der Waals surface area contributed by atoms with E-state index in [1.165, 1.54) is 0 Å². The molecule has 0 fully saturated rings. The Morgan fingerprint density at radius 3 is 2.75 bits per heavy atom. The molecule has 1 aromatic heterocycles. The lowest BCUT2D eigenvalue weighted by Crippen LogP contribution is -2.28. The molecule has 0 radical (unpaired) electrons. The number of rotatable bonds is 6. The molecule has 0 saturated carbocycles. The molecule has 1 unspecified atom stereocenters. The van der Waals surface area contributed by atoms with E-state index in [2.05, 4.69) is 14.9 Å². The SMILES string of the molecule is CNC(CCc1nccn1C)Cc1ccc(Cl)cc1Cl. The van der Waals surface area contributed by atoms with Gasteiger partial charge in [-0.1, -0.05) is 29.3 Å². The highest BCUT2D eigenvalue weighted by Crippen LogP contribution is 2.22. The normalized spacial score (nSPS) is 12.6. The van der Waals surface area contributed by atoms with Crippen LogP contribution in [0.15, 0.2) is 30.6 Å². The molecule has 0 aliphatic rings. The number of aryl methyl sites for hydroxylation is 2. The number of nitrogens with one attached hydrogen (secondary N) is 1. The van der Waals surface area contributed by atoms with E-state index in [0.717, 1.165) is 35.7 Å². The second kappa shape index (κ2) is 7.11. The second-order valence-corrected chi connectivity index (χ2v) is 5.76. The fourth-order valence-electron chi connectivity index (χ4n) is 2.24. The van der Waals surface area contributed by atoms with Crippen LogP contribution in [0.2, 0.25) is 10.0 Å². The van der Waals surface area contributed by atoms with Crippen LogP contribution in [0.5, 0.6) is 0 Å². The predicted molar refractivity (Wildman–Crippen MR) is 84.5 cm³/mol. The van der Waals surface area contributed by atoms with Crippen LogP contribution in [-0.2, 0) is 19.9 Å². The summed E-state index contributed by atoms with van der Waals surface area (Å²) < 4.78 is 2.06. The van der Waals surface area contributed by atoms with Crippen molar-refractivity contribution in [3.8, 4) is 0 Å². The van der Waals surface area contributed by atoms with Crippen LogP contribution in [0.4, 0.5) is 0 Å². The summed E-state index contributed by atoms with van der Waals surface area (Å²) in [5, 5.41) is 4.75. The van der Waals surface area contributed by atoms with Gasteiger partial charge in [-0.15, -0.1) is 0 Å². The van der Waals surface area contributed by atoms with Gasteiger partial charge in [-0.25, -0.2) is 4.98 Å². The molecule has 0 spiro atoms. The molecule has 1 N–H and O–H groups in total. The monoisotopic (exact) mass is 311 g/mol. The molecule has 0 amide bonds. The van der Waals surface area contributed by atoms with Gasteiger partial charge in [0.2, 0.25) is 0 Å². The summed E-state index contributed by atoms with van der Waals surface area (Å²) >= 11 is 12.1. The second-order valence-electron chi connectivity index (χ2n) is 4.92. The van der Waals surface area contributed by atoms with Crippen molar-refractivity contribution in [2.24, 2.45) is 7.05 Å². The van der Waals surface area contributed by atoms with Gasteiger partial charge in [0.1, 0.15) is 5.82 Å². The van der Waals surface area contributed by atoms with Crippen molar-refractivity contribution in [3.63, 3.8) is 0 Å². The molecule has 108 valence electrons. The van der Waals surface area contributed by atoms with E-state index < -0.39 is 0 Å². The number of imidazole rings is 1. The third kappa shape index (κ3) is 3.98. The molecule has 0 saturated heterocycles. The van der Waals surface area contributed by atoms with E-state index in [1.807, 2.05) is 38.6 Å². The van der Waals surface area contributed by atoms with Gasteiger partial charge < -0.3 is 9.88 Å². The number of benzene rings is 1. The molecule has 5 heteroatoms. The molecule has 20 heavy (non-hydrogen) atoms. The van der Waals surface area contributed by atoms with Gasteiger partial charge in [0, 0.05) is 41.9 Å². The molecule has 2 rings (SSSR count). The molecule has 1 atom stereocenters. The molecule has 0 aliphatic carbocycles. The van der Waals surface area contributed by atoms with Crippen molar-refractivity contribution in [1.82, 2.24) is 14.9 Å². The lowest BCUT2D eigenvalue weighted by atomic mass is 10.0. The zero-order valence-corrected chi connectivity index (χ0v) is 13.2. The smallest absolute Gasteiger partial charge is 0.108 e. The Morgan fingerprint density at radius 2 is 2.15 bits per heavy atom. The minimum absolute atomic E-state index is 0.366. The maximum absolute atomic E-state index is 6.23. The molecular formula is C15H19Cl2N3. The van der Waals surface area contributed by atoms with Crippen LogP contribution >= 0.6 is 23.2 Å². The van der Waals surface area contributed by atoms with E-state index in [-0.39, 0.29) is 0 Å². The Hall–Kier alpha value is -1.03. The summed E-state index contributed by atoms with van der Waals surface area (Å²) in [6, 6.07) is 6.04. The molecule has 0 bridgehead atoms. The zero-order valence-electron chi connectivity index (χ0n) is 11.7. The van der Waals surface area contributed by atoms with Gasteiger partial charge >= 0.3 is 0 Å². The molecule has 3 nitrogen and oxygen atoms in total. The molecule has 1 aromatic carbocycles. The van der Waals surface area contributed by atoms with Crippen LogP contribution < -0.4 is 5.32 Å². The number of hydrogen-bond donors (Lipinski definition) is 1. The summed E-state index contributed by atoms with van der Waals surface area (Å²) in [5.41, 5.74) is 1.12. The van der Waals surface area contributed by atoms with Crippen LogP contribution in [-0.4, -0.2) is 22.6 Å². The zero-order chi connectivity index (χ0) is 14.5. The summed E-state index contributed by atoms with van der Waals surface area (Å²) in [5.74, 6) is 1.10. The third-order valence-corrected chi connectivity index (χ3v) is 4.11. The third-order valence-electron chi connectivity index (χ3n) is 3.53. The van der Waals surface area contributed by atoms with Crippen molar-refractivity contribution >= 4 is 23.2 Å². The van der Waals surface area contributed by atoms with Gasteiger partial charge in [0.05, 0.1) is 0 Å².